The van der Waals surface area contributed by atoms with Crippen LogP contribution in [0.5, 0.6) is 0 Å². The van der Waals surface area contributed by atoms with Gasteiger partial charge in [0.15, 0.2) is 6.54 Å². The van der Waals surface area contributed by atoms with Gasteiger partial charge in [-0.2, -0.15) is 0 Å². The molecule has 4 N–H and O–H groups in total. The molecule has 0 aliphatic carbocycles. The van der Waals surface area contributed by atoms with E-state index in [1.807, 2.05) is 24.3 Å². The van der Waals surface area contributed by atoms with Crippen LogP contribution in [-0.4, -0.2) is 31.4 Å². The highest BCUT2D eigenvalue weighted by atomic mass is 32.2. The number of hydrogen-bond acceptors (Lipinski definition) is 3. The summed E-state index contributed by atoms with van der Waals surface area (Å²) in [5.74, 6) is -0.251. The third-order valence-electron chi connectivity index (χ3n) is 5.36. The van der Waals surface area contributed by atoms with E-state index in [4.69, 9.17) is 5.73 Å². The van der Waals surface area contributed by atoms with Crippen molar-refractivity contribution in [2.45, 2.75) is 36.5 Å². The van der Waals surface area contributed by atoms with Crippen molar-refractivity contribution < 1.29 is 14.5 Å². The van der Waals surface area contributed by atoms with Crippen molar-refractivity contribution in [3.63, 3.8) is 0 Å². The Bertz CT molecular complexity index is 843. The van der Waals surface area contributed by atoms with E-state index in [0.29, 0.717) is 6.54 Å². The summed E-state index contributed by atoms with van der Waals surface area (Å²) >= 11 is 1.71. The maximum atomic E-state index is 12.3. The summed E-state index contributed by atoms with van der Waals surface area (Å²) in [6.07, 6.45) is 1.53. The van der Waals surface area contributed by atoms with Crippen molar-refractivity contribution >= 4 is 29.3 Å². The molecule has 5 nitrogen and oxygen atoms in total. The molecule has 1 heterocycles. The predicted octanol–water partition coefficient (Wildman–Crippen LogP) is 2.17. The minimum absolute atomic E-state index is 0.00193. The van der Waals surface area contributed by atoms with Crippen LogP contribution in [0.25, 0.3) is 0 Å². The van der Waals surface area contributed by atoms with Gasteiger partial charge in [-0.15, -0.1) is 0 Å². The van der Waals surface area contributed by atoms with Gasteiger partial charge in [0.25, 0.3) is 5.91 Å². The smallest absolute Gasteiger partial charge is 0.279 e. The van der Waals surface area contributed by atoms with Gasteiger partial charge in [-0.25, -0.2) is 0 Å². The third kappa shape index (κ3) is 5.59. The predicted molar refractivity (Wildman–Crippen MR) is 113 cm³/mol. The number of likely N-dealkylation sites (tertiary alicyclic amines) is 1. The molecule has 0 aromatic heterocycles. The first-order valence-corrected chi connectivity index (χ1v) is 10.5. The lowest BCUT2D eigenvalue weighted by atomic mass is 9.96. The number of carbonyl (C=O) groups is 2. The number of primary amides is 1. The lowest BCUT2D eigenvalue weighted by Crippen LogP contribution is -3.14. The van der Waals surface area contributed by atoms with Crippen molar-refractivity contribution in [3.05, 3.63) is 53.6 Å². The van der Waals surface area contributed by atoms with Crippen molar-refractivity contribution in [2.75, 3.05) is 25.0 Å². The molecular formula is C22H28N3O2S+. The number of rotatable bonds is 6. The SMILES string of the molecule is Cc1ccc(Sc2ccc(NC(=O)C[NH+]3CCC(C(N)=O)CC3)cc2)cc1C. The molecule has 0 bridgehead atoms. The molecule has 1 aliphatic heterocycles. The average Bonchev–Trinajstić information content (AvgIpc) is 2.67. The third-order valence-corrected chi connectivity index (χ3v) is 6.36. The molecule has 1 aliphatic rings. The van der Waals surface area contributed by atoms with Crippen molar-refractivity contribution in [1.29, 1.82) is 0 Å². The van der Waals surface area contributed by atoms with Crippen LogP contribution >= 0.6 is 11.8 Å². The topological polar surface area (TPSA) is 76.6 Å². The summed E-state index contributed by atoms with van der Waals surface area (Å²) in [6, 6.07) is 14.4. The monoisotopic (exact) mass is 398 g/mol. The normalized spacial score (nSPS) is 19.2. The van der Waals surface area contributed by atoms with Crippen molar-refractivity contribution in [3.8, 4) is 0 Å². The molecule has 0 atom stereocenters. The molecule has 0 spiro atoms. The Morgan fingerprint density at radius 3 is 2.29 bits per heavy atom. The van der Waals surface area contributed by atoms with Gasteiger partial charge in [-0.05, 0) is 61.4 Å². The summed E-state index contributed by atoms with van der Waals surface area (Å²) in [5.41, 5.74) is 8.75. The molecular weight excluding hydrogens is 370 g/mol. The molecule has 3 rings (SSSR count). The number of nitrogens with two attached hydrogens (primary N) is 1. The number of amides is 2. The number of nitrogens with one attached hydrogen (secondary N) is 2. The quantitative estimate of drug-likeness (QED) is 0.698. The molecule has 28 heavy (non-hydrogen) atoms. The second-order valence-corrected chi connectivity index (χ2v) is 8.67. The first-order valence-electron chi connectivity index (χ1n) is 9.68. The lowest BCUT2D eigenvalue weighted by molar-refractivity contribution is -0.897. The highest BCUT2D eigenvalue weighted by Gasteiger charge is 2.26. The van der Waals surface area contributed by atoms with E-state index in [2.05, 4.69) is 37.4 Å². The number of carbonyl (C=O) groups excluding carboxylic acids is 2. The lowest BCUT2D eigenvalue weighted by Gasteiger charge is -2.27. The molecule has 1 saturated heterocycles. The molecule has 2 aromatic rings. The second-order valence-electron chi connectivity index (χ2n) is 7.52. The van der Waals surface area contributed by atoms with Gasteiger partial charge in [0.2, 0.25) is 5.91 Å². The standard InChI is InChI=1S/C22H27N3O2S/c1-15-3-6-20(13-16(15)2)28-19-7-4-18(5-8-19)24-21(26)14-25-11-9-17(10-12-25)22(23)27/h3-8,13,17H,9-12,14H2,1-2H3,(H2,23,27)(H,24,26)/p+1. The first-order chi connectivity index (χ1) is 13.4. The largest absolute Gasteiger partial charge is 0.369 e. The molecule has 0 radical (unpaired) electrons. The van der Waals surface area contributed by atoms with Gasteiger partial charge in [-0.3, -0.25) is 9.59 Å². The molecule has 1 fully saturated rings. The minimum Gasteiger partial charge on any atom is -0.369 e. The highest BCUT2D eigenvalue weighted by molar-refractivity contribution is 7.99. The molecule has 148 valence electrons. The fourth-order valence-corrected chi connectivity index (χ4v) is 4.36. The number of anilines is 1. The van der Waals surface area contributed by atoms with E-state index in [0.717, 1.165) is 36.5 Å². The Kier molecular flexibility index (Phi) is 6.75. The summed E-state index contributed by atoms with van der Waals surface area (Å²) in [6.45, 7) is 6.28. The highest BCUT2D eigenvalue weighted by Crippen LogP contribution is 2.29. The zero-order valence-electron chi connectivity index (χ0n) is 16.5. The fraction of sp³-hybridized carbons (Fsp3) is 0.364. The van der Waals surface area contributed by atoms with E-state index >= 15 is 0 Å². The second kappa shape index (κ2) is 9.26. The zero-order chi connectivity index (χ0) is 20.1. The van der Waals surface area contributed by atoms with E-state index in [1.54, 1.807) is 11.8 Å². The number of hydrogen-bond donors (Lipinski definition) is 3. The summed E-state index contributed by atoms with van der Waals surface area (Å²) < 4.78 is 0. The van der Waals surface area contributed by atoms with E-state index in [-0.39, 0.29) is 17.7 Å². The summed E-state index contributed by atoms with van der Waals surface area (Å²) in [5, 5.41) is 2.97. The van der Waals surface area contributed by atoms with Gasteiger partial charge in [0, 0.05) is 34.2 Å². The number of piperidine rings is 1. The van der Waals surface area contributed by atoms with Crippen molar-refractivity contribution in [1.82, 2.24) is 0 Å². The van der Waals surface area contributed by atoms with E-state index in [9.17, 15) is 9.59 Å². The van der Waals surface area contributed by atoms with Gasteiger partial charge in [0.05, 0.1) is 13.1 Å². The zero-order valence-corrected chi connectivity index (χ0v) is 17.3. The Morgan fingerprint density at radius 1 is 1.04 bits per heavy atom. The van der Waals surface area contributed by atoms with Crippen LogP contribution in [0.15, 0.2) is 52.3 Å². The van der Waals surface area contributed by atoms with Gasteiger partial charge < -0.3 is 16.0 Å². The van der Waals surface area contributed by atoms with Crippen LogP contribution in [0.4, 0.5) is 5.69 Å². The van der Waals surface area contributed by atoms with Crippen LogP contribution < -0.4 is 16.0 Å². The number of quaternary nitrogens is 1. The maximum Gasteiger partial charge on any atom is 0.279 e. The molecule has 0 unspecified atom stereocenters. The number of benzene rings is 2. The van der Waals surface area contributed by atoms with Gasteiger partial charge in [-0.1, -0.05) is 17.8 Å². The van der Waals surface area contributed by atoms with Gasteiger partial charge in [0.1, 0.15) is 0 Å². The maximum absolute atomic E-state index is 12.3. The van der Waals surface area contributed by atoms with E-state index in [1.165, 1.54) is 20.9 Å². The fourth-order valence-electron chi connectivity index (χ4n) is 3.44. The van der Waals surface area contributed by atoms with Crippen LogP contribution in [0.1, 0.15) is 24.0 Å². The Morgan fingerprint density at radius 2 is 1.68 bits per heavy atom. The number of aryl methyl sites for hydroxylation is 2. The molecule has 0 saturated carbocycles. The van der Waals surface area contributed by atoms with Crippen LogP contribution in [0, 0.1) is 19.8 Å². The Hall–Kier alpha value is -2.31. The Labute approximate surface area is 170 Å². The van der Waals surface area contributed by atoms with Crippen LogP contribution in [-0.2, 0) is 9.59 Å². The Balaban J connectivity index is 1.49. The van der Waals surface area contributed by atoms with E-state index < -0.39 is 0 Å². The molecule has 6 heteroatoms. The van der Waals surface area contributed by atoms with Gasteiger partial charge >= 0.3 is 0 Å². The van der Waals surface area contributed by atoms with Crippen molar-refractivity contribution in [2.24, 2.45) is 11.7 Å². The minimum atomic E-state index is -0.220. The van der Waals surface area contributed by atoms with Crippen LogP contribution in [0.3, 0.4) is 0 Å². The van der Waals surface area contributed by atoms with Crippen LogP contribution in [0.2, 0.25) is 0 Å². The molecule has 2 aromatic carbocycles. The summed E-state index contributed by atoms with van der Waals surface area (Å²) in [4.78, 5) is 27.1. The summed E-state index contributed by atoms with van der Waals surface area (Å²) in [7, 11) is 0. The first kappa shape index (κ1) is 20.4. The average molecular weight is 399 g/mol. The molecule has 2 amide bonds.